The molecule has 0 aromatic carbocycles. The summed E-state index contributed by atoms with van der Waals surface area (Å²) in [7, 11) is 0. The lowest BCUT2D eigenvalue weighted by atomic mass is 9.95. The first-order valence-corrected chi connectivity index (χ1v) is 7.12. The van der Waals surface area contributed by atoms with Gasteiger partial charge in [0, 0.05) is 25.1 Å². The molecule has 2 heterocycles. The number of amides is 1. The van der Waals surface area contributed by atoms with Gasteiger partial charge in [0.25, 0.3) is 5.91 Å². The first-order valence-electron chi connectivity index (χ1n) is 7.12. The van der Waals surface area contributed by atoms with Crippen LogP contribution in [0.1, 0.15) is 47.5 Å². The number of nitrogens with zero attached hydrogens (tertiary/aromatic N) is 2. The molecule has 3 rings (SSSR count). The molecule has 19 heavy (non-hydrogen) atoms. The Bertz CT molecular complexity index is 464. The number of carbonyl (C=O) groups is 1. The first kappa shape index (κ1) is 12.6. The maximum absolute atomic E-state index is 12.6. The molecule has 2 aliphatic rings. The third kappa shape index (κ3) is 2.38. The lowest BCUT2D eigenvalue weighted by Crippen LogP contribution is -2.39. The number of piperidine rings is 1. The van der Waals surface area contributed by atoms with Gasteiger partial charge in [-0.05, 0) is 38.0 Å². The lowest BCUT2D eigenvalue weighted by Gasteiger charge is -2.30. The summed E-state index contributed by atoms with van der Waals surface area (Å²) >= 11 is 0. The molecule has 0 unspecified atom stereocenters. The van der Waals surface area contributed by atoms with Crippen molar-refractivity contribution in [2.75, 3.05) is 19.8 Å². The average molecular weight is 266 g/mol. The summed E-state index contributed by atoms with van der Waals surface area (Å²) < 4.78 is 17.9. The molecule has 0 atom stereocenters. The number of aryl methyl sites for hydroxylation is 1. The third-order valence-electron chi connectivity index (χ3n) is 4.27. The van der Waals surface area contributed by atoms with Gasteiger partial charge in [-0.15, -0.1) is 0 Å². The zero-order chi connectivity index (χ0) is 13.2. The van der Waals surface area contributed by atoms with E-state index in [9.17, 15) is 9.18 Å². The van der Waals surface area contributed by atoms with Crippen molar-refractivity contribution in [2.45, 2.75) is 38.5 Å². The Labute approximate surface area is 111 Å². The van der Waals surface area contributed by atoms with Gasteiger partial charge in [-0.3, -0.25) is 9.18 Å². The topological polar surface area (TPSA) is 46.3 Å². The molecule has 0 radical (unpaired) electrons. The van der Waals surface area contributed by atoms with Gasteiger partial charge in [-0.1, -0.05) is 5.16 Å². The van der Waals surface area contributed by atoms with Crippen LogP contribution in [-0.2, 0) is 12.8 Å². The van der Waals surface area contributed by atoms with Crippen LogP contribution in [-0.4, -0.2) is 35.7 Å². The molecule has 0 spiro atoms. The monoisotopic (exact) mass is 266 g/mol. The van der Waals surface area contributed by atoms with E-state index >= 15 is 0 Å². The quantitative estimate of drug-likeness (QED) is 0.825. The Kier molecular flexibility index (Phi) is 3.53. The Morgan fingerprint density at radius 3 is 2.79 bits per heavy atom. The number of hydrogen-bond acceptors (Lipinski definition) is 3. The van der Waals surface area contributed by atoms with Crippen molar-refractivity contribution in [3.63, 3.8) is 0 Å². The van der Waals surface area contributed by atoms with Gasteiger partial charge >= 0.3 is 0 Å². The van der Waals surface area contributed by atoms with Crippen molar-refractivity contribution in [3.05, 3.63) is 17.0 Å². The molecule has 1 aliphatic heterocycles. The number of fused-ring (bicyclic) bond motifs is 1. The summed E-state index contributed by atoms with van der Waals surface area (Å²) in [5.74, 6) is 0.965. The third-order valence-corrected chi connectivity index (χ3v) is 4.27. The molecule has 1 aliphatic carbocycles. The van der Waals surface area contributed by atoms with Crippen LogP contribution in [0.15, 0.2) is 4.52 Å². The van der Waals surface area contributed by atoms with Crippen LogP contribution in [0.2, 0.25) is 0 Å². The molecule has 4 nitrogen and oxygen atoms in total. The SMILES string of the molecule is O=C(c1noc2c1CCCC2)N1CCC(CF)CC1. The van der Waals surface area contributed by atoms with Crippen LogP contribution < -0.4 is 0 Å². The second-order valence-electron chi connectivity index (χ2n) is 5.53. The standard InChI is InChI=1S/C14H19FN2O2/c15-9-10-5-7-17(8-6-10)14(18)13-11-3-1-2-4-12(11)19-16-13/h10H,1-9H2. The maximum Gasteiger partial charge on any atom is 0.276 e. The summed E-state index contributed by atoms with van der Waals surface area (Å²) in [6.07, 6.45) is 5.49. The molecule has 1 saturated heterocycles. The summed E-state index contributed by atoms with van der Waals surface area (Å²) in [4.78, 5) is 14.2. The van der Waals surface area contributed by atoms with Gasteiger partial charge in [0.05, 0.1) is 6.67 Å². The van der Waals surface area contributed by atoms with Crippen molar-refractivity contribution in [1.29, 1.82) is 0 Å². The highest BCUT2D eigenvalue weighted by atomic mass is 19.1. The minimum absolute atomic E-state index is 0.0378. The van der Waals surface area contributed by atoms with E-state index in [1.807, 2.05) is 0 Å². The lowest BCUT2D eigenvalue weighted by molar-refractivity contribution is 0.0666. The minimum Gasteiger partial charge on any atom is -0.360 e. The van der Waals surface area contributed by atoms with Gasteiger partial charge in [0.2, 0.25) is 0 Å². The molecule has 1 amide bonds. The minimum atomic E-state index is -0.276. The highest BCUT2D eigenvalue weighted by Gasteiger charge is 2.29. The predicted molar refractivity (Wildman–Crippen MR) is 67.7 cm³/mol. The van der Waals surface area contributed by atoms with Crippen LogP contribution >= 0.6 is 0 Å². The van der Waals surface area contributed by atoms with Gasteiger partial charge < -0.3 is 9.42 Å². The van der Waals surface area contributed by atoms with E-state index in [0.717, 1.165) is 49.8 Å². The normalized spacial score (nSPS) is 20.4. The van der Waals surface area contributed by atoms with E-state index in [0.29, 0.717) is 18.8 Å². The smallest absolute Gasteiger partial charge is 0.276 e. The summed E-state index contributed by atoms with van der Waals surface area (Å²) in [5, 5.41) is 3.97. The fourth-order valence-corrected chi connectivity index (χ4v) is 2.99. The molecular formula is C14H19FN2O2. The van der Waals surface area contributed by atoms with E-state index in [4.69, 9.17) is 4.52 Å². The average Bonchev–Trinajstić information content (AvgIpc) is 2.90. The van der Waals surface area contributed by atoms with Crippen LogP contribution in [0.25, 0.3) is 0 Å². The van der Waals surface area contributed by atoms with E-state index < -0.39 is 0 Å². The molecule has 1 aromatic heterocycles. The molecule has 0 N–H and O–H groups in total. The van der Waals surface area contributed by atoms with Crippen molar-refractivity contribution in [2.24, 2.45) is 5.92 Å². The van der Waals surface area contributed by atoms with Gasteiger partial charge in [0.1, 0.15) is 5.76 Å². The summed E-state index contributed by atoms with van der Waals surface area (Å²) in [6, 6.07) is 0. The Balaban J connectivity index is 1.72. The Hall–Kier alpha value is -1.39. The number of rotatable bonds is 2. The largest absolute Gasteiger partial charge is 0.360 e. The fourth-order valence-electron chi connectivity index (χ4n) is 2.99. The Morgan fingerprint density at radius 2 is 2.05 bits per heavy atom. The van der Waals surface area contributed by atoms with Crippen LogP contribution in [0.4, 0.5) is 4.39 Å². The molecule has 0 saturated carbocycles. The van der Waals surface area contributed by atoms with Crippen LogP contribution in [0, 0.1) is 5.92 Å². The zero-order valence-corrected chi connectivity index (χ0v) is 11.0. The Morgan fingerprint density at radius 1 is 1.32 bits per heavy atom. The van der Waals surface area contributed by atoms with E-state index in [1.54, 1.807) is 4.90 Å². The van der Waals surface area contributed by atoms with E-state index in [-0.39, 0.29) is 18.5 Å². The summed E-state index contributed by atoms with van der Waals surface area (Å²) in [6.45, 7) is 0.992. The second-order valence-corrected chi connectivity index (χ2v) is 5.53. The van der Waals surface area contributed by atoms with Crippen molar-refractivity contribution in [1.82, 2.24) is 10.1 Å². The van der Waals surface area contributed by atoms with Gasteiger partial charge in [-0.25, -0.2) is 0 Å². The van der Waals surface area contributed by atoms with Gasteiger partial charge in [-0.2, -0.15) is 0 Å². The number of hydrogen-bond donors (Lipinski definition) is 0. The van der Waals surface area contributed by atoms with Crippen LogP contribution in [0.5, 0.6) is 0 Å². The van der Waals surface area contributed by atoms with Crippen molar-refractivity contribution in [3.8, 4) is 0 Å². The highest BCUT2D eigenvalue weighted by Crippen LogP contribution is 2.26. The molecule has 1 aromatic rings. The number of halogens is 1. The fraction of sp³-hybridized carbons (Fsp3) is 0.714. The van der Waals surface area contributed by atoms with E-state index in [2.05, 4.69) is 5.16 Å². The molecular weight excluding hydrogens is 247 g/mol. The zero-order valence-electron chi connectivity index (χ0n) is 11.0. The number of carbonyl (C=O) groups excluding carboxylic acids is 1. The first-order chi connectivity index (χ1) is 9.29. The van der Waals surface area contributed by atoms with Gasteiger partial charge in [0.15, 0.2) is 5.69 Å². The van der Waals surface area contributed by atoms with Crippen molar-refractivity contribution < 1.29 is 13.7 Å². The second kappa shape index (κ2) is 5.31. The number of likely N-dealkylation sites (tertiary alicyclic amines) is 1. The van der Waals surface area contributed by atoms with Crippen molar-refractivity contribution >= 4 is 5.91 Å². The molecule has 5 heteroatoms. The maximum atomic E-state index is 12.6. The predicted octanol–water partition coefficient (Wildman–Crippen LogP) is 2.38. The number of aromatic nitrogens is 1. The van der Waals surface area contributed by atoms with Crippen LogP contribution in [0.3, 0.4) is 0 Å². The molecule has 104 valence electrons. The molecule has 1 fully saturated rings. The summed E-state index contributed by atoms with van der Waals surface area (Å²) in [5.41, 5.74) is 1.50. The number of alkyl halides is 1. The molecule has 0 bridgehead atoms. The van der Waals surface area contributed by atoms with E-state index in [1.165, 1.54) is 0 Å². The highest BCUT2D eigenvalue weighted by molar-refractivity contribution is 5.94.